The van der Waals surface area contributed by atoms with Crippen molar-refractivity contribution in [1.29, 1.82) is 0 Å². The fourth-order valence-corrected chi connectivity index (χ4v) is 3.58. The van der Waals surface area contributed by atoms with Gasteiger partial charge in [0.15, 0.2) is 0 Å². The molecule has 1 rings (SSSR count). The summed E-state index contributed by atoms with van der Waals surface area (Å²) < 4.78 is 26.7. The van der Waals surface area contributed by atoms with Crippen molar-refractivity contribution in [3.05, 3.63) is 35.4 Å². The molecule has 0 atom stereocenters. The standard InChI is InChI=1S/C19H31NO4S/c1-19(2,3)17-11-9-16(10-12-17)13-15-25(23,24)20-14-7-5-4-6-8-18(21)22/h9-12,20H,4-8,13-15H2,1-3H3,(H,21,22). The molecule has 1 aromatic carbocycles. The van der Waals surface area contributed by atoms with Crippen molar-refractivity contribution in [1.82, 2.24) is 4.72 Å². The van der Waals surface area contributed by atoms with Crippen molar-refractivity contribution in [2.45, 2.75) is 64.7 Å². The maximum atomic E-state index is 12.0. The van der Waals surface area contributed by atoms with Crippen LogP contribution in [0.4, 0.5) is 0 Å². The summed E-state index contributed by atoms with van der Waals surface area (Å²) in [6, 6.07) is 8.12. The monoisotopic (exact) mass is 369 g/mol. The molecule has 0 heterocycles. The third kappa shape index (κ3) is 9.60. The van der Waals surface area contributed by atoms with E-state index in [1.807, 2.05) is 12.1 Å². The quantitative estimate of drug-likeness (QED) is 0.585. The molecule has 0 saturated carbocycles. The Kier molecular flexibility index (Phi) is 8.59. The number of rotatable bonds is 11. The fraction of sp³-hybridized carbons (Fsp3) is 0.632. The van der Waals surface area contributed by atoms with E-state index in [4.69, 9.17) is 5.11 Å². The number of carbonyl (C=O) groups is 1. The van der Waals surface area contributed by atoms with Gasteiger partial charge >= 0.3 is 5.97 Å². The Balaban J connectivity index is 2.28. The largest absolute Gasteiger partial charge is 0.481 e. The molecule has 0 aliphatic rings. The molecule has 0 unspecified atom stereocenters. The lowest BCUT2D eigenvalue weighted by molar-refractivity contribution is -0.137. The molecule has 5 nitrogen and oxygen atoms in total. The van der Waals surface area contributed by atoms with Gasteiger partial charge in [-0.2, -0.15) is 0 Å². The van der Waals surface area contributed by atoms with Gasteiger partial charge in [-0.1, -0.05) is 57.9 Å². The summed E-state index contributed by atoms with van der Waals surface area (Å²) in [5.74, 6) is -0.697. The van der Waals surface area contributed by atoms with E-state index in [1.165, 1.54) is 5.56 Å². The summed E-state index contributed by atoms with van der Waals surface area (Å²) in [5, 5.41) is 8.54. The second-order valence-electron chi connectivity index (χ2n) is 7.47. The number of sulfonamides is 1. The number of aryl methyl sites for hydroxylation is 1. The van der Waals surface area contributed by atoms with Crippen LogP contribution >= 0.6 is 0 Å². The summed E-state index contributed by atoms with van der Waals surface area (Å²) in [6.45, 7) is 6.87. The van der Waals surface area contributed by atoms with Crippen LogP contribution in [-0.2, 0) is 26.7 Å². The zero-order valence-corrected chi connectivity index (χ0v) is 16.4. The molecule has 0 aromatic heterocycles. The molecule has 0 fully saturated rings. The molecule has 0 bridgehead atoms. The molecule has 2 N–H and O–H groups in total. The fourth-order valence-electron chi connectivity index (χ4n) is 2.48. The Labute approximate surface area is 151 Å². The summed E-state index contributed by atoms with van der Waals surface area (Å²) in [5.41, 5.74) is 2.35. The lowest BCUT2D eigenvalue weighted by atomic mass is 9.86. The second-order valence-corrected chi connectivity index (χ2v) is 9.39. The van der Waals surface area contributed by atoms with Gasteiger partial charge in [0.2, 0.25) is 10.0 Å². The van der Waals surface area contributed by atoms with Crippen LogP contribution in [0.25, 0.3) is 0 Å². The lowest BCUT2D eigenvalue weighted by Crippen LogP contribution is -2.28. The lowest BCUT2D eigenvalue weighted by Gasteiger charge is -2.19. The normalized spacial score (nSPS) is 12.3. The van der Waals surface area contributed by atoms with E-state index in [0.717, 1.165) is 24.8 Å². The number of hydrogen-bond donors (Lipinski definition) is 2. The molecule has 0 aliphatic heterocycles. The first-order chi connectivity index (χ1) is 11.6. The highest BCUT2D eigenvalue weighted by Gasteiger charge is 2.14. The second kappa shape index (κ2) is 9.92. The zero-order valence-electron chi connectivity index (χ0n) is 15.5. The van der Waals surface area contributed by atoms with E-state index >= 15 is 0 Å². The van der Waals surface area contributed by atoms with Crippen LogP contribution in [0, 0.1) is 0 Å². The first-order valence-electron chi connectivity index (χ1n) is 8.89. The average molecular weight is 370 g/mol. The van der Waals surface area contributed by atoms with Crippen molar-refractivity contribution in [3.8, 4) is 0 Å². The molecule has 142 valence electrons. The smallest absolute Gasteiger partial charge is 0.303 e. The third-order valence-corrected chi connectivity index (χ3v) is 5.50. The molecule has 6 heteroatoms. The molecule has 0 spiro atoms. The maximum Gasteiger partial charge on any atom is 0.303 e. The van der Waals surface area contributed by atoms with Crippen molar-refractivity contribution < 1.29 is 18.3 Å². The van der Waals surface area contributed by atoms with Gasteiger partial charge in [-0.25, -0.2) is 13.1 Å². The van der Waals surface area contributed by atoms with Crippen LogP contribution in [0.3, 0.4) is 0 Å². The predicted molar refractivity (Wildman–Crippen MR) is 101 cm³/mol. The summed E-state index contributed by atoms with van der Waals surface area (Å²) in [6.07, 6.45) is 3.71. The number of nitrogens with one attached hydrogen (secondary N) is 1. The van der Waals surface area contributed by atoms with Gasteiger partial charge in [-0.15, -0.1) is 0 Å². The van der Waals surface area contributed by atoms with Gasteiger partial charge in [0.05, 0.1) is 5.75 Å². The van der Waals surface area contributed by atoms with Gasteiger partial charge in [-0.05, 0) is 35.8 Å². The van der Waals surface area contributed by atoms with E-state index in [0.29, 0.717) is 19.4 Å². The van der Waals surface area contributed by atoms with E-state index < -0.39 is 16.0 Å². The number of unbranched alkanes of at least 4 members (excludes halogenated alkanes) is 3. The number of hydrogen-bond acceptors (Lipinski definition) is 3. The van der Waals surface area contributed by atoms with Crippen molar-refractivity contribution in [2.75, 3.05) is 12.3 Å². The topological polar surface area (TPSA) is 83.5 Å². The molecule has 1 aromatic rings. The van der Waals surface area contributed by atoms with Crippen LogP contribution in [0.5, 0.6) is 0 Å². The van der Waals surface area contributed by atoms with Gasteiger partial charge in [-0.3, -0.25) is 4.79 Å². The van der Waals surface area contributed by atoms with Crippen molar-refractivity contribution in [2.24, 2.45) is 0 Å². The van der Waals surface area contributed by atoms with E-state index in [1.54, 1.807) is 0 Å². The minimum absolute atomic E-state index is 0.0842. The van der Waals surface area contributed by atoms with Gasteiger partial charge in [0.25, 0.3) is 0 Å². The first kappa shape index (κ1) is 21.6. The molecule has 0 amide bonds. The number of carboxylic acids is 1. The van der Waals surface area contributed by atoms with E-state index in [9.17, 15) is 13.2 Å². The highest BCUT2D eigenvalue weighted by atomic mass is 32.2. The number of carboxylic acid groups (broad SMARTS) is 1. The Morgan fingerprint density at radius 2 is 1.64 bits per heavy atom. The van der Waals surface area contributed by atoms with E-state index in [-0.39, 0.29) is 17.6 Å². The van der Waals surface area contributed by atoms with Crippen molar-refractivity contribution >= 4 is 16.0 Å². The molecule has 0 radical (unpaired) electrons. The van der Waals surface area contributed by atoms with Crippen LogP contribution in [-0.4, -0.2) is 31.8 Å². The summed E-state index contributed by atoms with van der Waals surface area (Å²) >= 11 is 0. The van der Waals surface area contributed by atoms with Crippen LogP contribution in [0.1, 0.15) is 64.0 Å². The Morgan fingerprint density at radius 1 is 1.04 bits per heavy atom. The average Bonchev–Trinajstić information content (AvgIpc) is 2.51. The first-order valence-corrected chi connectivity index (χ1v) is 10.5. The summed E-state index contributed by atoms with van der Waals surface area (Å²) in [4.78, 5) is 10.4. The van der Waals surface area contributed by atoms with Gasteiger partial charge in [0.1, 0.15) is 0 Å². The van der Waals surface area contributed by atoms with Crippen molar-refractivity contribution in [3.63, 3.8) is 0 Å². The van der Waals surface area contributed by atoms with Crippen LogP contribution in [0.2, 0.25) is 0 Å². The Morgan fingerprint density at radius 3 is 2.20 bits per heavy atom. The Bertz CT molecular complexity index is 630. The van der Waals surface area contributed by atoms with Crippen LogP contribution in [0.15, 0.2) is 24.3 Å². The Hall–Kier alpha value is -1.40. The minimum Gasteiger partial charge on any atom is -0.481 e. The molecule has 0 saturated heterocycles. The number of benzene rings is 1. The highest BCUT2D eigenvalue weighted by Crippen LogP contribution is 2.22. The molecular formula is C19H31NO4S. The van der Waals surface area contributed by atoms with Crippen LogP contribution < -0.4 is 4.72 Å². The third-order valence-electron chi connectivity index (χ3n) is 4.12. The predicted octanol–water partition coefficient (Wildman–Crippen LogP) is 3.48. The molecule has 25 heavy (non-hydrogen) atoms. The molecule has 0 aliphatic carbocycles. The van der Waals surface area contributed by atoms with Gasteiger partial charge in [0, 0.05) is 13.0 Å². The highest BCUT2D eigenvalue weighted by molar-refractivity contribution is 7.89. The summed E-state index contributed by atoms with van der Waals surface area (Å²) in [7, 11) is -3.27. The molecular weight excluding hydrogens is 338 g/mol. The SMILES string of the molecule is CC(C)(C)c1ccc(CCS(=O)(=O)NCCCCCCC(=O)O)cc1. The minimum atomic E-state index is -3.27. The maximum absolute atomic E-state index is 12.0. The number of aliphatic carboxylic acids is 1. The zero-order chi connectivity index (χ0) is 18.9. The van der Waals surface area contributed by atoms with Gasteiger partial charge < -0.3 is 5.11 Å². The van der Waals surface area contributed by atoms with E-state index in [2.05, 4.69) is 37.6 Å².